The second-order valence-corrected chi connectivity index (χ2v) is 5.63. The van der Waals surface area contributed by atoms with Crippen LogP contribution in [0.3, 0.4) is 0 Å². The molecule has 0 radical (unpaired) electrons. The normalized spacial score (nSPS) is 12.3. The van der Waals surface area contributed by atoms with E-state index in [-0.39, 0.29) is 0 Å². The fourth-order valence-corrected chi connectivity index (χ4v) is 2.89. The standard InChI is InChI=1S/C14H10Cl4O/c1-19-13-5-3-8(15)6-11(13)14(18)10-4-2-9(16)7-12(10)17/h2-7,14H,1H3. The van der Waals surface area contributed by atoms with Crippen molar-refractivity contribution in [1.82, 2.24) is 0 Å². The molecule has 0 aromatic heterocycles. The van der Waals surface area contributed by atoms with E-state index < -0.39 is 5.38 Å². The van der Waals surface area contributed by atoms with Gasteiger partial charge < -0.3 is 4.74 Å². The summed E-state index contributed by atoms with van der Waals surface area (Å²) in [5.74, 6) is 0.662. The molecule has 1 nitrogen and oxygen atoms in total. The topological polar surface area (TPSA) is 9.23 Å². The zero-order valence-electron chi connectivity index (χ0n) is 9.96. The highest BCUT2D eigenvalue weighted by Gasteiger charge is 2.19. The quantitative estimate of drug-likeness (QED) is 0.626. The summed E-state index contributed by atoms with van der Waals surface area (Å²) in [5.41, 5.74) is 1.52. The molecule has 5 heteroatoms. The molecule has 0 saturated heterocycles. The molecule has 0 heterocycles. The fourth-order valence-electron chi connectivity index (χ4n) is 1.78. The number of halogens is 4. The summed E-state index contributed by atoms with van der Waals surface area (Å²) in [6.07, 6.45) is 0. The number of benzene rings is 2. The molecule has 0 aliphatic rings. The maximum Gasteiger partial charge on any atom is 0.123 e. The Morgan fingerprint density at radius 2 is 1.53 bits per heavy atom. The summed E-state index contributed by atoms with van der Waals surface area (Å²) in [6, 6.07) is 10.5. The fraction of sp³-hybridized carbons (Fsp3) is 0.143. The molecule has 1 unspecified atom stereocenters. The van der Waals surface area contributed by atoms with Gasteiger partial charge in [0, 0.05) is 20.6 Å². The number of ether oxygens (including phenoxy) is 1. The molecule has 0 fully saturated rings. The second kappa shape index (κ2) is 6.23. The van der Waals surface area contributed by atoms with Crippen LogP contribution in [0.15, 0.2) is 36.4 Å². The monoisotopic (exact) mass is 334 g/mol. The minimum atomic E-state index is -0.460. The van der Waals surface area contributed by atoms with Crippen molar-refractivity contribution in [3.8, 4) is 5.75 Å². The first-order valence-corrected chi connectivity index (χ1v) is 7.02. The van der Waals surface area contributed by atoms with E-state index in [0.29, 0.717) is 20.8 Å². The van der Waals surface area contributed by atoms with Gasteiger partial charge in [-0.1, -0.05) is 40.9 Å². The van der Waals surface area contributed by atoms with Gasteiger partial charge in [0.1, 0.15) is 5.75 Å². The van der Waals surface area contributed by atoms with E-state index in [1.807, 2.05) is 0 Å². The summed E-state index contributed by atoms with van der Waals surface area (Å²) in [4.78, 5) is 0. The van der Waals surface area contributed by atoms with E-state index in [0.717, 1.165) is 11.1 Å². The van der Waals surface area contributed by atoms with E-state index in [9.17, 15) is 0 Å². The Kier molecular flexibility index (Phi) is 4.86. The molecule has 0 aliphatic carbocycles. The number of rotatable bonds is 3. The molecule has 0 aliphatic heterocycles. The Balaban J connectivity index is 2.49. The van der Waals surface area contributed by atoms with Crippen molar-refractivity contribution in [3.05, 3.63) is 62.6 Å². The molecular weight excluding hydrogens is 326 g/mol. The van der Waals surface area contributed by atoms with Crippen LogP contribution in [0.25, 0.3) is 0 Å². The first kappa shape index (κ1) is 14.8. The number of hydrogen-bond donors (Lipinski definition) is 0. The van der Waals surface area contributed by atoms with Crippen molar-refractivity contribution >= 4 is 46.4 Å². The van der Waals surface area contributed by atoms with Gasteiger partial charge in [0.15, 0.2) is 0 Å². The van der Waals surface area contributed by atoms with Crippen molar-refractivity contribution in [1.29, 1.82) is 0 Å². The van der Waals surface area contributed by atoms with E-state index >= 15 is 0 Å². The van der Waals surface area contributed by atoms with Gasteiger partial charge >= 0.3 is 0 Å². The molecule has 0 amide bonds. The Bertz CT molecular complexity index is 598. The van der Waals surface area contributed by atoms with Crippen molar-refractivity contribution in [2.75, 3.05) is 7.11 Å². The highest BCUT2D eigenvalue weighted by molar-refractivity contribution is 6.36. The van der Waals surface area contributed by atoms with E-state index in [4.69, 9.17) is 51.1 Å². The minimum absolute atomic E-state index is 0.460. The lowest BCUT2D eigenvalue weighted by Gasteiger charge is -2.16. The van der Waals surface area contributed by atoms with Gasteiger partial charge in [-0.2, -0.15) is 0 Å². The summed E-state index contributed by atoms with van der Waals surface area (Å²) in [6.45, 7) is 0. The Morgan fingerprint density at radius 3 is 2.16 bits per heavy atom. The Labute approximate surface area is 132 Å². The molecule has 1 atom stereocenters. The Hall–Kier alpha value is -0.600. The lowest BCUT2D eigenvalue weighted by atomic mass is 10.0. The second-order valence-electron chi connectivity index (χ2n) is 3.91. The molecular formula is C14H10Cl4O. The first-order chi connectivity index (χ1) is 9.02. The highest BCUT2D eigenvalue weighted by atomic mass is 35.5. The largest absolute Gasteiger partial charge is 0.496 e. The summed E-state index contributed by atoms with van der Waals surface area (Å²) in [7, 11) is 1.58. The molecule has 19 heavy (non-hydrogen) atoms. The molecule has 0 saturated carbocycles. The van der Waals surface area contributed by atoms with Gasteiger partial charge in [-0.3, -0.25) is 0 Å². The van der Waals surface area contributed by atoms with Crippen LogP contribution in [0.5, 0.6) is 5.75 Å². The van der Waals surface area contributed by atoms with Crippen LogP contribution >= 0.6 is 46.4 Å². The van der Waals surface area contributed by atoms with Crippen molar-refractivity contribution in [2.24, 2.45) is 0 Å². The van der Waals surface area contributed by atoms with Gasteiger partial charge in [0.2, 0.25) is 0 Å². The van der Waals surface area contributed by atoms with E-state index in [2.05, 4.69) is 0 Å². The highest BCUT2D eigenvalue weighted by Crippen LogP contribution is 2.39. The van der Waals surface area contributed by atoms with Crippen molar-refractivity contribution in [3.63, 3.8) is 0 Å². The van der Waals surface area contributed by atoms with Gasteiger partial charge in [-0.05, 0) is 35.9 Å². The molecule has 2 rings (SSSR count). The van der Waals surface area contributed by atoms with Crippen LogP contribution in [-0.2, 0) is 0 Å². The molecule has 2 aromatic carbocycles. The molecule has 0 bridgehead atoms. The SMILES string of the molecule is COc1ccc(Cl)cc1C(Cl)c1ccc(Cl)cc1Cl. The van der Waals surface area contributed by atoms with Crippen LogP contribution in [0.1, 0.15) is 16.5 Å². The van der Waals surface area contributed by atoms with Crippen LogP contribution in [0, 0.1) is 0 Å². The smallest absolute Gasteiger partial charge is 0.123 e. The molecule has 0 N–H and O–H groups in total. The lowest BCUT2D eigenvalue weighted by Crippen LogP contribution is -1.98. The summed E-state index contributed by atoms with van der Waals surface area (Å²) >= 11 is 24.5. The van der Waals surface area contributed by atoms with Gasteiger partial charge in [-0.15, -0.1) is 11.6 Å². The number of alkyl halides is 1. The van der Waals surface area contributed by atoms with Gasteiger partial charge in [-0.25, -0.2) is 0 Å². The minimum Gasteiger partial charge on any atom is -0.496 e. The third kappa shape index (κ3) is 3.29. The van der Waals surface area contributed by atoms with Crippen LogP contribution in [0.4, 0.5) is 0 Å². The van der Waals surface area contributed by atoms with E-state index in [1.54, 1.807) is 43.5 Å². The van der Waals surface area contributed by atoms with Crippen molar-refractivity contribution in [2.45, 2.75) is 5.38 Å². The maximum atomic E-state index is 6.48. The predicted molar refractivity (Wildman–Crippen MR) is 82.2 cm³/mol. The average molecular weight is 336 g/mol. The van der Waals surface area contributed by atoms with Crippen LogP contribution in [-0.4, -0.2) is 7.11 Å². The summed E-state index contributed by atoms with van der Waals surface area (Å²) in [5, 5.41) is 1.20. The Morgan fingerprint density at radius 1 is 0.895 bits per heavy atom. The van der Waals surface area contributed by atoms with Gasteiger partial charge in [0.25, 0.3) is 0 Å². The third-order valence-electron chi connectivity index (χ3n) is 2.70. The third-order valence-corrected chi connectivity index (χ3v) is 3.97. The van der Waals surface area contributed by atoms with Crippen LogP contribution in [0.2, 0.25) is 15.1 Å². The lowest BCUT2D eigenvalue weighted by molar-refractivity contribution is 0.410. The van der Waals surface area contributed by atoms with Gasteiger partial charge in [0.05, 0.1) is 12.5 Å². The molecule has 0 spiro atoms. The molecule has 2 aromatic rings. The van der Waals surface area contributed by atoms with Crippen molar-refractivity contribution < 1.29 is 4.74 Å². The van der Waals surface area contributed by atoms with E-state index in [1.165, 1.54) is 0 Å². The first-order valence-electron chi connectivity index (χ1n) is 5.45. The zero-order valence-corrected chi connectivity index (χ0v) is 13.0. The molecule has 100 valence electrons. The number of methoxy groups -OCH3 is 1. The van der Waals surface area contributed by atoms with Crippen LogP contribution < -0.4 is 4.74 Å². The summed E-state index contributed by atoms with van der Waals surface area (Å²) < 4.78 is 5.29. The average Bonchev–Trinajstić information content (AvgIpc) is 2.38. The zero-order chi connectivity index (χ0) is 14.0. The maximum absolute atomic E-state index is 6.48. The number of hydrogen-bond acceptors (Lipinski definition) is 1. The predicted octanol–water partition coefficient (Wildman–Crippen LogP) is 5.98.